The summed E-state index contributed by atoms with van der Waals surface area (Å²) in [5.74, 6) is -0.176. The number of anilines is 1. The van der Waals surface area contributed by atoms with Crippen molar-refractivity contribution in [1.29, 1.82) is 0 Å². The van der Waals surface area contributed by atoms with Crippen molar-refractivity contribution < 1.29 is 18.0 Å². The molecule has 182 valence electrons. The lowest BCUT2D eigenvalue weighted by atomic mass is 9.94. The summed E-state index contributed by atoms with van der Waals surface area (Å²) in [6.45, 7) is 2.33. The van der Waals surface area contributed by atoms with E-state index in [2.05, 4.69) is 17.4 Å². The van der Waals surface area contributed by atoms with Crippen molar-refractivity contribution in [2.45, 2.75) is 43.5 Å². The number of benzene rings is 3. The van der Waals surface area contributed by atoms with Crippen molar-refractivity contribution in [1.82, 2.24) is 4.90 Å². The lowest BCUT2D eigenvalue weighted by molar-refractivity contribution is -0.115. The van der Waals surface area contributed by atoms with Crippen LogP contribution in [0.1, 0.15) is 53.7 Å². The molecule has 2 amide bonds. The summed E-state index contributed by atoms with van der Waals surface area (Å²) >= 11 is 0. The summed E-state index contributed by atoms with van der Waals surface area (Å²) in [4.78, 5) is 28.0. The highest BCUT2D eigenvalue weighted by atomic mass is 32.2. The van der Waals surface area contributed by atoms with Crippen LogP contribution in [0.5, 0.6) is 0 Å². The van der Waals surface area contributed by atoms with Crippen molar-refractivity contribution in [3.8, 4) is 0 Å². The van der Waals surface area contributed by atoms with E-state index < -0.39 is 9.84 Å². The highest BCUT2D eigenvalue weighted by molar-refractivity contribution is 7.91. The van der Waals surface area contributed by atoms with Gasteiger partial charge in [0.15, 0.2) is 9.84 Å². The number of hydrogen-bond acceptors (Lipinski definition) is 4. The third-order valence-electron chi connectivity index (χ3n) is 6.39. The molecule has 1 saturated heterocycles. The van der Waals surface area contributed by atoms with Crippen LogP contribution in [0.3, 0.4) is 0 Å². The van der Waals surface area contributed by atoms with Crippen molar-refractivity contribution in [2.24, 2.45) is 0 Å². The minimum Gasteiger partial charge on any atom is -0.332 e. The Morgan fingerprint density at radius 1 is 0.914 bits per heavy atom. The van der Waals surface area contributed by atoms with Crippen LogP contribution in [-0.4, -0.2) is 37.4 Å². The van der Waals surface area contributed by atoms with Gasteiger partial charge in [-0.15, -0.1) is 0 Å². The molecule has 4 rings (SSSR count). The minimum absolute atomic E-state index is 0.00134. The molecule has 1 fully saturated rings. The molecule has 7 heteroatoms. The number of carbonyl (C=O) groups excluding carboxylic acids is 2. The maximum Gasteiger partial charge on any atom is 0.254 e. The Balaban J connectivity index is 1.38. The molecule has 0 spiro atoms. The summed E-state index contributed by atoms with van der Waals surface area (Å²) in [5.41, 5.74) is 3.08. The van der Waals surface area contributed by atoms with Gasteiger partial charge in [-0.25, -0.2) is 8.42 Å². The zero-order valence-corrected chi connectivity index (χ0v) is 20.6. The zero-order chi connectivity index (χ0) is 24.8. The van der Waals surface area contributed by atoms with Gasteiger partial charge >= 0.3 is 0 Å². The Hall–Kier alpha value is -3.45. The normalized spacial score (nSPS) is 16.0. The molecule has 35 heavy (non-hydrogen) atoms. The molecule has 1 N–H and O–H groups in total. The van der Waals surface area contributed by atoms with Crippen LogP contribution in [0.15, 0.2) is 83.8 Å². The first-order valence-corrected chi connectivity index (χ1v) is 13.6. The highest BCUT2D eigenvalue weighted by Gasteiger charge is 2.28. The van der Waals surface area contributed by atoms with Crippen LogP contribution in [0.25, 0.3) is 0 Å². The molecule has 1 aliphatic heterocycles. The fourth-order valence-corrected chi connectivity index (χ4v) is 5.31. The molecule has 0 bridgehead atoms. The number of sulfone groups is 1. The second-order valence-corrected chi connectivity index (χ2v) is 11.0. The minimum atomic E-state index is -3.26. The second-order valence-electron chi connectivity index (χ2n) is 8.77. The number of hydrogen-bond donors (Lipinski definition) is 1. The molecule has 0 saturated carbocycles. The van der Waals surface area contributed by atoms with Gasteiger partial charge in [-0.2, -0.15) is 0 Å². The third-order valence-corrected chi connectivity index (χ3v) is 8.14. The molecule has 0 aromatic heterocycles. The average Bonchev–Trinajstić information content (AvgIpc) is 2.89. The molecule has 0 aliphatic carbocycles. The van der Waals surface area contributed by atoms with Gasteiger partial charge in [-0.1, -0.05) is 49.4 Å². The van der Waals surface area contributed by atoms with Crippen LogP contribution in [-0.2, 0) is 21.1 Å². The predicted molar refractivity (Wildman–Crippen MR) is 137 cm³/mol. The number of nitrogens with zero attached hydrogens (tertiary/aromatic N) is 1. The van der Waals surface area contributed by atoms with Crippen LogP contribution in [0, 0.1) is 0 Å². The predicted octanol–water partition coefficient (Wildman–Crippen LogP) is 5.03. The number of amides is 2. The maximum atomic E-state index is 13.3. The molecule has 3 aromatic rings. The van der Waals surface area contributed by atoms with E-state index in [4.69, 9.17) is 0 Å². The Kier molecular flexibility index (Phi) is 7.66. The number of carbonyl (C=O) groups is 2. The van der Waals surface area contributed by atoms with Crippen LogP contribution in [0.2, 0.25) is 0 Å². The lowest BCUT2D eigenvalue weighted by Gasteiger charge is -2.36. The molecular formula is C28H30N2O4S. The van der Waals surface area contributed by atoms with Crippen molar-refractivity contribution in [3.05, 3.63) is 95.6 Å². The molecular weight excluding hydrogens is 460 g/mol. The number of likely N-dealkylation sites (tertiary alicyclic amines) is 1. The van der Waals surface area contributed by atoms with Gasteiger partial charge in [0.25, 0.3) is 5.91 Å². The summed E-state index contributed by atoms with van der Waals surface area (Å²) in [6, 6.07) is 23.6. The summed E-state index contributed by atoms with van der Waals surface area (Å²) in [6.07, 6.45) is 3.18. The Bertz CT molecular complexity index is 1270. The summed E-state index contributed by atoms with van der Waals surface area (Å²) in [7, 11) is -3.26. The average molecular weight is 491 g/mol. The van der Waals surface area contributed by atoms with E-state index >= 15 is 0 Å². The fourth-order valence-electron chi connectivity index (χ4n) is 4.43. The van der Waals surface area contributed by atoms with Crippen molar-refractivity contribution in [2.75, 3.05) is 17.6 Å². The fraction of sp³-hybridized carbons (Fsp3) is 0.286. The summed E-state index contributed by atoms with van der Waals surface area (Å²) < 4.78 is 23.9. The second kappa shape index (κ2) is 10.9. The zero-order valence-electron chi connectivity index (χ0n) is 19.8. The van der Waals surface area contributed by atoms with E-state index in [0.29, 0.717) is 11.3 Å². The van der Waals surface area contributed by atoms with E-state index in [1.54, 1.807) is 43.3 Å². The monoisotopic (exact) mass is 490 g/mol. The van der Waals surface area contributed by atoms with Gasteiger partial charge < -0.3 is 10.2 Å². The van der Waals surface area contributed by atoms with E-state index in [1.807, 2.05) is 23.1 Å². The first-order chi connectivity index (χ1) is 16.9. The van der Waals surface area contributed by atoms with Gasteiger partial charge in [0, 0.05) is 17.8 Å². The van der Waals surface area contributed by atoms with Gasteiger partial charge in [0.2, 0.25) is 5.91 Å². The lowest BCUT2D eigenvalue weighted by Crippen LogP contribution is -2.38. The standard InChI is InChI=1S/C28H30N2O4S/c1-2-35(33,34)25-17-11-21(12-18-25)20-27(31)29-24-15-13-23(14-16-24)28(32)30-19-7-6-10-26(30)22-8-4-3-5-9-22/h3-5,8-9,11-18,26H,2,6-7,10,19-20H2,1H3,(H,29,31). The number of rotatable bonds is 7. The summed E-state index contributed by atoms with van der Waals surface area (Å²) in [5, 5.41) is 2.84. The quantitative estimate of drug-likeness (QED) is 0.504. The van der Waals surface area contributed by atoms with E-state index in [-0.39, 0.29) is 34.9 Å². The van der Waals surface area contributed by atoms with E-state index in [0.717, 1.165) is 36.9 Å². The van der Waals surface area contributed by atoms with Crippen LogP contribution in [0.4, 0.5) is 5.69 Å². The molecule has 3 aromatic carbocycles. The van der Waals surface area contributed by atoms with Crippen molar-refractivity contribution >= 4 is 27.3 Å². The van der Waals surface area contributed by atoms with Gasteiger partial charge in [-0.05, 0) is 66.8 Å². The van der Waals surface area contributed by atoms with Crippen molar-refractivity contribution in [3.63, 3.8) is 0 Å². The van der Waals surface area contributed by atoms with Gasteiger partial charge in [0.1, 0.15) is 0 Å². The first-order valence-electron chi connectivity index (χ1n) is 11.9. The molecule has 0 radical (unpaired) electrons. The van der Waals surface area contributed by atoms with E-state index in [9.17, 15) is 18.0 Å². The molecule has 1 heterocycles. The van der Waals surface area contributed by atoms with Crippen LogP contribution >= 0.6 is 0 Å². The molecule has 1 atom stereocenters. The Morgan fingerprint density at radius 3 is 2.26 bits per heavy atom. The third kappa shape index (κ3) is 5.98. The molecule has 1 aliphatic rings. The topological polar surface area (TPSA) is 83.5 Å². The first kappa shape index (κ1) is 24.7. The Morgan fingerprint density at radius 2 is 1.60 bits per heavy atom. The SMILES string of the molecule is CCS(=O)(=O)c1ccc(CC(=O)Nc2ccc(C(=O)N3CCCCC3c3ccccc3)cc2)cc1. The number of piperidine rings is 1. The molecule has 1 unspecified atom stereocenters. The number of nitrogens with one attached hydrogen (secondary N) is 1. The van der Waals surface area contributed by atoms with E-state index in [1.165, 1.54) is 12.1 Å². The largest absolute Gasteiger partial charge is 0.332 e. The van der Waals surface area contributed by atoms with Gasteiger partial charge in [0.05, 0.1) is 23.1 Å². The smallest absolute Gasteiger partial charge is 0.254 e. The Labute approximate surface area is 206 Å². The molecule has 6 nitrogen and oxygen atoms in total. The van der Waals surface area contributed by atoms with Crippen LogP contribution < -0.4 is 5.32 Å². The maximum absolute atomic E-state index is 13.3. The van der Waals surface area contributed by atoms with Gasteiger partial charge in [-0.3, -0.25) is 9.59 Å². The highest BCUT2D eigenvalue weighted by Crippen LogP contribution is 2.32.